The van der Waals surface area contributed by atoms with Crippen LogP contribution in [-0.4, -0.2) is 17.5 Å². The van der Waals surface area contributed by atoms with Gasteiger partial charge in [-0.1, -0.05) is 15.9 Å². The smallest absolute Gasteiger partial charge is 0.404 e. The summed E-state index contributed by atoms with van der Waals surface area (Å²) in [5.74, 6) is -0.925. The number of ketones is 1. The molecule has 0 heterocycles. The molecule has 0 aromatic heterocycles. The molecule has 0 unspecified atom stereocenters. The number of carbonyl (C=O) groups is 1. The first-order valence-electron chi connectivity index (χ1n) is 4.08. The molecule has 0 radical (unpaired) electrons. The lowest BCUT2D eigenvalue weighted by atomic mass is 10.1. The van der Waals surface area contributed by atoms with E-state index in [1.165, 1.54) is 12.1 Å². The monoisotopic (exact) mass is 297 g/mol. The average molecular weight is 298 g/mol. The van der Waals surface area contributed by atoms with E-state index in [1.54, 1.807) is 0 Å². The van der Waals surface area contributed by atoms with Crippen LogP contribution in [0.4, 0.5) is 18.9 Å². The number of halogens is 4. The van der Waals surface area contributed by atoms with Crippen molar-refractivity contribution < 1.29 is 22.7 Å². The van der Waals surface area contributed by atoms with Gasteiger partial charge < -0.3 is 10.5 Å². The summed E-state index contributed by atoms with van der Waals surface area (Å²) in [7, 11) is 0. The van der Waals surface area contributed by atoms with Crippen molar-refractivity contribution >= 4 is 27.4 Å². The Hall–Kier alpha value is -1.24. The van der Waals surface area contributed by atoms with Gasteiger partial charge >= 0.3 is 6.36 Å². The number of hydrogen-bond acceptors (Lipinski definition) is 3. The fourth-order valence-corrected chi connectivity index (χ4v) is 1.32. The summed E-state index contributed by atoms with van der Waals surface area (Å²) >= 11 is 2.91. The van der Waals surface area contributed by atoms with E-state index in [-0.39, 0.29) is 22.4 Å². The van der Waals surface area contributed by atoms with Crippen LogP contribution in [0.3, 0.4) is 0 Å². The fraction of sp³-hybridized carbons (Fsp3) is 0.222. The zero-order valence-electron chi connectivity index (χ0n) is 7.84. The molecule has 1 aromatic carbocycles. The Balaban J connectivity index is 3.04. The van der Waals surface area contributed by atoms with Gasteiger partial charge in [0.15, 0.2) is 11.5 Å². The van der Waals surface area contributed by atoms with Crippen molar-refractivity contribution in [3.05, 3.63) is 23.8 Å². The first kappa shape index (κ1) is 12.8. The molecule has 2 N–H and O–H groups in total. The number of hydrogen-bond donors (Lipinski definition) is 1. The van der Waals surface area contributed by atoms with Crippen LogP contribution in [0.5, 0.6) is 5.75 Å². The lowest BCUT2D eigenvalue weighted by Gasteiger charge is -2.11. The zero-order valence-corrected chi connectivity index (χ0v) is 9.43. The van der Waals surface area contributed by atoms with Gasteiger partial charge in [0.05, 0.1) is 11.0 Å². The topological polar surface area (TPSA) is 52.3 Å². The molecule has 7 heteroatoms. The van der Waals surface area contributed by atoms with Crippen LogP contribution >= 0.6 is 15.9 Å². The number of Topliss-reactive ketones (excluding diaryl/α,β-unsaturated/α-hetero) is 1. The third-order valence-corrected chi connectivity index (χ3v) is 2.19. The molecule has 0 aliphatic rings. The van der Waals surface area contributed by atoms with E-state index in [2.05, 4.69) is 20.7 Å². The molecule has 3 nitrogen and oxygen atoms in total. The number of nitrogens with two attached hydrogens (primary N) is 1. The van der Waals surface area contributed by atoms with E-state index in [0.29, 0.717) is 0 Å². The van der Waals surface area contributed by atoms with Crippen LogP contribution in [-0.2, 0) is 0 Å². The van der Waals surface area contributed by atoms with Crippen LogP contribution in [0, 0.1) is 0 Å². The first-order valence-corrected chi connectivity index (χ1v) is 5.20. The van der Waals surface area contributed by atoms with E-state index in [9.17, 15) is 18.0 Å². The molecule has 0 saturated carbocycles. The molecule has 1 rings (SSSR count). The number of anilines is 1. The fourth-order valence-electron chi connectivity index (χ4n) is 0.998. The second kappa shape index (κ2) is 4.73. The van der Waals surface area contributed by atoms with Gasteiger partial charge in [-0.15, -0.1) is 13.2 Å². The molecule has 0 aliphatic carbocycles. The highest BCUT2D eigenvalue weighted by Gasteiger charge is 2.32. The number of alkyl halides is 4. The first-order chi connectivity index (χ1) is 7.33. The van der Waals surface area contributed by atoms with Gasteiger partial charge in [-0.3, -0.25) is 4.79 Å². The number of benzene rings is 1. The van der Waals surface area contributed by atoms with Crippen molar-refractivity contribution in [2.24, 2.45) is 0 Å². The van der Waals surface area contributed by atoms with Gasteiger partial charge in [0, 0.05) is 5.56 Å². The molecule has 0 fully saturated rings. The van der Waals surface area contributed by atoms with Crippen LogP contribution in [0.2, 0.25) is 0 Å². The quantitative estimate of drug-likeness (QED) is 0.530. The third kappa shape index (κ3) is 3.41. The van der Waals surface area contributed by atoms with Gasteiger partial charge in [0.2, 0.25) is 0 Å². The largest absolute Gasteiger partial charge is 0.573 e. The molecule has 0 atom stereocenters. The highest BCUT2D eigenvalue weighted by Crippen LogP contribution is 2.29. The molecular weight excluding hydrogens is 291 g/mol. The Labute approximate surface area is 97.5 Å². The third-order valence-electron chi connectivity index (χ3n) is 1.68. The average Bonchev–Trinajstić information content (AvgIpc) is 2.18. The second-order valence-corrected chi connectivity index (χ2v) is 3.42. The van der Waals surface area contributed by atoms with Crippen molar-refractivity contribution in [1.29, 1.82) is 0 Å². The maximum absolute atomic E-state index is 12.0. The number of nitrogen functional groups attached to an aromatic ring is 1. The minimum atomic E-state index is -4.83. The molecule has 16 heavy (non-hydrogen) atoms. The molecule has 0 bridgehead atoms. The summed E-state index contributed by atoms with van der Waals surface area (Å²) in [6.45, 7) is 0. The lowest BCUT2D eigenvalue weighted by Crippen LogP contribution is -2.18. The van der Waals surface area contributed by atoms with E-state index in [0.717, 1.165) is 6.07 Å². The van der Waals surface area contributed by atoms with Gasteiger partial charge in [-0.05, 0) is 18.2 Å². The summed E-state index contributed by atoms with van der Waals surface area (Å²) in [4.78, 5) is 11.2. The number of ether oxygens (including phenoxy) is 1. The molecule has 88 valence electrons. The lowest BCUT2D eigenvalue weighted by molar-refractivity contribution is -0.274. The van der Waals surface area contributed by atoms with Gasteiger partial charge in [-0.25, -0.2) is 0 Å². The van der Waals surface area contributed by atoms with Crippen LogP contribution in [0.15, 0.2) is 18.2 Å². The minimum absolute atomic E-state index is 0.0162. The van der Waals surface area contributed by atoms with Crippen LogP contribution in [0.1, 0.15) is 10.4 Å². The SMILES string of the molecule is Nc1ccc(C(=O)CBr)cc1OC(F)(F)F. The molecule has 0 saturated heterocycles. The molecule has 0 amide bonds. The van der Waals surface area contributed by atoms with E-state index >= 15 is 0 Å². The predicted octanol–water partition coefficient (Wildman–Crippen LogP) is 2.75. The standard InChI is InChI=1S/C9H7BrF3NO2/c10-4-7(15)5-1-2-6(14)8(3-5)16-9(11,12)13/h1-3H,4,14H2. The Morgan fingerprint density at radius 3 is 2.56 bits per heavy atom. The summed E-state index contributed by atoms with van der Waals surface area (Å²) in [6, 6.07) is 3.49. The van der Waals surface area contributed by atoms with Crippen molar-refractivity contribution in [3.8, 4) is 5.75 Å². The zero-order chi connectivity index (χ0) is 12.3. The highest BCUT2D eigenvalue weighted by atomic mass is 79.9. The van der Waals surface area contributed by atoms with Gasteiger partial charge in [0.25, 0.3) is 0 Å². The Morgan fingerprint density at radius 1 is 1.44 bits per heavy atom. The van der Waals surface area contributed by atoms with Crippen LogP contribution in [0.25, 0.3) is 0 Å². The van der Waals surface area contributed by atoms with E-state index in [1.807, 2.05) is 0 Å². The minimum Gasteiger partial charge on any atom is -0.404 e. The summed E-state index contributed by atoms with van der Waals surface area (Å²) in [6.07, 6.45) is -4.83. The Morgan fingerprint density at radius 2 is 2.06 bits per heavy atom. The maximum atomic E-state index is 12.0. The second-order valence-electron chi connectivity index (χ2n) is 2.86. The Kier molecular flexibility index (Phi) is 3.79. The van der Waals surface area contributed by atoms with Crippen molar-refractivity contribution in [3.63, 3.8) is 0 Å². The van der Waals surface area contributed by atoms with Crippen molar-refractivity contribution in [1.82, 2.24) is 0 Å². The summed E-state index contributed by atoms with van der Waals surface area (Å²) in [5.41, 5.74) is 5.21. The van der Waals surface area contributed by atoms with Crippen molar-refractivity contribution in [2.75, 3.05) is 11.1 Å². The highest BCUT2D eigenvalue weighted by molar-refractivity contribution is 9.09. The van der Waals surface area contributed by atoms with E-state index < -0.39 is 12.1 Å². The maximum Gasteiger partial charge on any atom is 0.573 e. The van der Waals surface area contributed by atoms with Gasteiger partial charge in [-0.2, -0.15) is 0 Å². The molecule has 0 aliphatic heterocycles. The molecule has 0 spiro atoms. The van der Waals surface area contributed by atoms with Gasteiger partial charge in [0.1, 0.15) is 0 Å². The number of rotatable bonds is 3. The summed E-state index contributed by atoms with van der Waals surface area (Å²) < 4.78 is 39.6. The number of carbonyl (C=O) groups excluding carboxylic acids is 1. The Bertz CT molecular complexity index is 406. The predicted molar refractivity (Wildman–Crippen MR) is 55.7 cm³/mol. The van der Waals surface area contributed by atoms with Crippen molar-refractivity contribution in [2.45, 2.75) is 6.36 Å². The molecular formula is C9H7BrF3NO2. The normalized spacial score (nSPS) is 11.2. The molecule has 1 aromatic rings. The van der Waals surface area contributed by atoms with Crippen LogP contribution < -0.4 is 10.5 Å². The van der Waals surface area contributed by atoms with E-state index in [4.69, 9.17) is 5.73 Å². The summed E-state index contributed by atoms with van der Waals surface area (Å²) in [5, 5.41) is 0.0162.